The molecule has 0 radical (unpaired) electrons. The van der Waals surface area contributed by atoms with Gasteiger partial charge in [0.2, 0.25) is 5.91 Å². The van der Waals surface area contributed by atoms with E-state index in [0.717, 1.165) is 24.9 Å². The molecule has 0 fully saturated rings. The number of hydrogen-bond donors (Lipinski definition) is 1. The summed E-state index contributed by atoms with van der Waals surface area (Å²) in [6.07, 6.45) is 7.47. The van der Waals surface area contributed by atoms with Gasteiger partial charge in [0, 0.05) is 25.5 Å². The van der Waals surface area contributed by atoms with Crippen molar-refractivity contribution in [1.82, 2.24) is 14.5 Å². The molecule has 1 unspecified atom stereocenters. The summed E-state index contributed by atoms with van der Waals surface area (Å²) in [5.74, 6) is -0.218. The number of fused-ring (bicyclic) bond motifs is 1. The lowest BCUT2D eigenvalue weighted by Gasteiger charge is -2.29. The molecule has 4 rings (SSSR count). The van der Waals surface area contributed by atoms with Crippen LogP contribution in [-0.2, 0) is 17.8 Å². The van der Waals surface area contributed by atoms with Crippen molar-refractivity contribution in [3.05, 3.63) is 84.4 Å². The Morgan fingerprint density at radius 1 is 0.966 bits per heavy atom. The molecule has 1 aliphatic heterocycles. The third-order valence-corrected chi connectivity index (χ3v) is 5.28. The lowest BCUT2D eigenvalue weighted by atomic mass is 10.0. The molecule has 1 aliphatic rings. The Morgan fingerprint density at radius 2 is 1.76 bits per heavy atom. The molecule has 2 aromatic carbocycles. The molecule has 0 spiro atoms. The molecule has 1 atom stereocenters. The Morgan fingerprint density at radius 3 is 2.55 bits per heavy atom. The maximum absolute atomic E-state index is 13.3. The first-order valence-electron chi connectivity index (χ1n) is 9.93. The van der Waals surface area contributed by atoms with E-state index >= 15 is 0 Å². The maximum Gasteiger partial charge on any atom is 0.256 e. The molecule has 3 aromatic rings. The second kappa shape index (κ2) is 8.73. The van der Waals surface area contributed by atoms with Gasteiger partial charge in [-0.3, -0.25) is 9.59 Å². The number of anilines is 1. The average molecular weight is 388 g/mol. The molecular weight excluding hydrogens is 364 g/mol. The minimum atomic E-state index is -0.502. The van der Waals surface area contributed by atoms with E-state index in [9.17, 15) is 9.59 Å². The minimum Gasteiger partial charge on any atom is -0.337 e. The standard InChI is InChI=1S/C23H24N4O2/c28-22-21(12-11-18-7-2-1-3-8-18)27(15-6-14-26-16-13-24-17-26)23(29)19-9-4-5-10-20(19)25-22/h1-5,7-10,13,16-17,21H,6,11-12,14-15H2,(H,25,28). The van der Waals surface area contributed by atoms with Gasteiger partial charge >= 0.3 is 0 Å². The van der Waals surface area contributed by atoms with Crippen molar-refractivity contribution in [3.63, 3.8) is 0 Å². The summed E-state index contributed by atoms with van der Waals surface area (Å²) in [7, 11) is 0. The first-order chi connectivity index (χ1) is 14.2. The van der Waals surface area contributed by atoms with Gasteiger partial charge in [0.15, 0.2) is 0 Å². The van der Waals surface area contributed by atoms with Crippen LogP contribution in [0.15, 0.2) is 73.3 Å². The highest BCUT2D eigenvalue weighted by Gasteiger charge is 2.34. The van der Waals surface area contributed by atoms with Crippen LogP contribution in [0.5, 0.6) is 0 Å². The smallest absolute Gasteiger partial charge is 0.256 e. The van der Waals surface area contributed by atoms with E-state index in [0.29, 0.717) is 24.2 Å². The van der Waals surface area contributed by atoms with Crippen molar-refractivity contribution in [2.45, 2.75) is 31.8 Å². The summed E-state index contributed by atoms with van der Waals surface area (Å²) in [5, 5.41) is 2.96. The Hall–Kier alpha value is -3.41. The van der Waals surface area contributed by atoms with Crippen LogP contribution in [0.3, 0.4) is 0 Å². The second-order valence-electron chi connectivity index (χ2n) is 7.23. The lowest BCUT2D eigenvalue weighted by Crippen LogP contribution is -2.46. The van der Waals surface area contributed by atoms with Crippen molar-refractivity contribution < 1.29 is 9.59 Å². The van der Waals surface area contributed by atoms with Crippen LogP contribution in [0.25, 0.3) is 0 Å². The summed E-state index contributed by atoms with van der Waals surface area (Å²) < 4.78 is 1.98. The normalized spacial score (nSPS) is 16.3. The third kappa shape index (κ3) is 4.37. The van der Waals surface area contributed by atoms with E-state index in [-0.39, 0.29) is 11.8 Å². The van der Waals surface area contributed by atoms with E-state index in [1.807, 2.05) is 41.1 Å². The highest BCUT2D eigenvalue weighted by atomic mass is 16.2. The van der Waals surface area contributed by atoms with Crippen molar-refractivity contribution in [2.24, 2.45) is 0 Å². The van der Waals surface area contributed by atoms with E-state index in [1.165, 1.54) is 0 Å². The highest BCUT2D eigenvalue weighted by molar-refractivity contribution is 6.09. The first kappa shape index (κ1) is 18.9. The predicted octanol–water partition coefficient (Wildman–Crippen LogP) is 3.37. The quantitative estimate of drug-likeness (QED) is 0.675. The van der Waals surface area contributed by atoms with Crippen molar-refractivity contribution in [3.8, 4) is 0 Å². The van der Waals surface area contributed by atoms with Crippen molar-refractivity contribution >= 4 is 17.5 Å². The van der Waals surface area contributed by atoms with E-state index < -0.39 is 6.04 Å². The number of benzene rings is 2. The van der Waals surface area contributed by atoms with Gasteiger partial charge in [0.1, 0.15) is 6.04 Å². The fraction of sp³-hybridized carbons (Fsp3) is 0.261. The minimum absolute atomic E-state index is 0.0948. The number of carbonyl (C=O) groups is 2. The first-order valence-corrected chi connectivity index (χ1v) is 9.93. The molecule has 1 aromatic heterocycles. The van der Waals surface area contributed by atoms with Gasteiger partial charge in [0.05, 0.1) is 17.6 Å². The number of amides is 2. The number of aromatic nitrogens is 2. The highest BCUT2D eigenvalue weighted by Crippen LogP contribution is 2.25. The largest absolute Gasteiger partial charge is 0.337 e. The topological polar surface area (TPSA) is 67.2 Å². The molecule has 1 N–H and O–H groups in total. The van der Waals surface area contributed by atoms with Crippen LogP contribution in [0.1, 0.15) is 28.8 Å². The number of para-hydroxylation sites is 1. The number of hydrogen-bond acceptors (Lipinski definition) is 3. The molecule has 0 saturated heterocycles. The van der Waals surface area contributed by atoms with Crippen molar-refractivity contribution in [2.75, 3.05) is 11.9 Å². The van der Waals surface area contributed by atoms with Crippen LogP contribution in [-0.4, -0.2) is 38.9 Å². The molecule has 29 heavy (non-hydrogen) atoms. The van der Waals surface area contributed by atoms with Gasteiger partial charge in [-0.25, -0.2) is 4.98 Å². The number of carbonyl (C=O) groups excluding carboxylic acids is 2. The molecule has 148 valence electrons. The summed E-state index contributed by atoms with van der Waals surface area (Å²) in [6.45, 7) is 1.26. The fourth-order valence-corrected chi connectivity index (χ4v) is 3.77. The molecule has 6 nitrogen and oxygen atoms in total. The third-order valence-electron chi connectivity index (χ3n) is 5.28. The van der Waals surface area contributed by atoms with Gasteiger partial charge in [-0.15, -0.1) is 0 Å². The number of rotatable bonds is 7. The Labute approximate surface area is 170 Å². The molecular formula is C23H24N4O2. The van der Waals surface area contributed by atoms with Crippen molar-refractivity contribution in [1.29, 1.82) is 0 Å². The summed E-state index contributed by atoms with van der Waals surface area (Å²) in [5.41, 5.74) is 2.29. The second-order valence-corrected chi connectivity index (χ2v) is 7.23. The molecule has 2 amide bonds. The van der Waals surface area contributed by atoms with Crippen LogP contribution >= 0.6 is 0 Å². The summed E-state index contributed by atoms with van der Waals surface area (Å²) in [6, 6.07) is 16.8. The number of imidazole rings is 1. The molecule has 2 heterocycles. The molecule has 0 bridgehead atoms. The fourth-order valence-electron chi connectivity index (χ4n) is 3.77. The number of aryl methyl sites for hydroxylation is 2. The summed E-state index contributed by atoms with van der Waals surface area (Å²) in [4.78, 5) is 32.1. The zero-order valence-electron chi connectivity index (χ0n) is 16.2. The Bertz CT molecular complexity index is 970. The van der Waals surface area contributed by atoms with Gasteiger partial charge in [0.25, 0.3) is 5.91 Å². The number of nitrogens with one attached hydrogen (secondary N) is 1. The van der Waals surface area contributed by atoms with Gasteiger partial charge in [-0.1, -0.05) is 42.5 Å². The molecule has 6 heteroatoms. The van der Waals surface area contributed by atoms with Crippen LogP contribution in [0.4, 0.5) is 5.69 Å². The van der Waals surface area contributed by atoms with Crippen LogP contribution in [0.2, 0.25) is 0 Å². The van der Waals surface area contributed by atoms with Crippen LogP contribution in [0, 0.1) is 0 Å². The van der Waals surface area contributed by atoms with Crippen LogP contribution < -0.4 is 5.32 Å². The Kier molecular flexibility index (Phi) is 5.70. The SMILES string of the molecule is O=C1Nc2ccccc2C(=O)N(CCCn2ccnc2)C1CCc1ccccc1. The van der Waals surface area contributed by atoms with Gasteiger partial charge < -0.3 is 14.8 Å². The maximum atomic E-state index is 13.3. The zero-order valence-corrected chi connectivity index (χ0v) is 16.2. The average Bonchev–Trinajstić information content (AvgIpc) is 3.23. The molecule has 0 saturated carbocycles. The predicted molar refractivity (Wildman–Crippen MR) is 112 cm³/mol. The summed E-state index contributed by atoms with van der Waals surface area (Å²) >= 11 is 0. The Balaban J connectivity index is 1.55. The van der Waals surface area contributed by atoms with E-state index in [2.05, 4.69) is 22.4 Å². The van der Waals surface area contributed by atoms with E-state index in [4.69, 9.17) is 0 Å². The monoisotopic (exact) mass is 388 g/mol. The zero-order chi connectivity index (χ0) is 20.1. The molecule has 0 aliphatic carbocycles. The van der Waals surface area contributed by atoms with Gasteiger partial charge in [-0.05, 0) is 37.0 Å². The van der Waals surface area contributed by atoms with E-state index in [1.54, 1.807) is 29.6 Å². The van der Waals surface area contributed by atoms with Gasteiger partial charge in [-0.2, -0.15) is 0 Å². The lowest BCUT2D eigenvalue weighted by molar-refractivity contribution is -0.120. The number of nitrogens with zero attached hydrogens (tertiary/aromatic N) is 3.